The van der Waals surface area contributed by atoms with Crippen LogP contribution in [0, 0.1) is 11.7 Å². The molecule has 1 amide bonds. The molecule has 0 spiro atoms. The molecule has 0 N–H and O–H groups in total. The van der Waals surface area contributed by atoms with Gasteiger partial charge in [0.2, 0.25) is 5.91 Å². The zero-order chi connectivity index (χ0) is 26.2. The molecule has 5 nitrogen and oxygen atoms in total. The van der Waals surface area contributed by atoms with Crippen LogP contribution in [0.4, 0.5) is 10.1 Å². The molecule has 1 fully saturated rings. The first-order valence-electron chi connectivity index (χ1n) is 12.6. The van der Waals surface area contributed by atoms with Gasteiger partial charge in [-0.05, 0) is 59.9 Å². The van der Waals surface area contributed by atoms with E-state index in [-0.39, 0.29) is 17.6 Å². The van der Waals surface area contributed by atoms with Gasteiger partial charge in [0.15, 0.2) is 0 Å². The lowest BCUT2D eigenvalue weighted by Crippen LogP contribution is -2.36. The molecule has 3 aromatic rings. The van der Waals surface area contributed by atoms with Crippen LogP contribution in [0.3, 0.4) is 0 Å². The Bertz CT molecular complexity index is 1260. The van der Waals surface area contributed by atoms with Gasteiger partial charge in [-0.2, -0.15) is 0 Å². The van der Waals surface area contributed by atoms with Crippen molar-refractivity contribution in [2.75, 3.05) is 19.1 Å². The highest BCUT2D eigenvalue weighted by Crippen LogP contribution is 2.31. The van der Waals surface area contributed by atoms with E-state index in [1.54, 1.807) is 18.2 Å². The van der Waals surface area contributed by atoms with Gasteiger partial charge in [-0.1, -0.05) is 55.7 Å². The van der Waals surface area contributed by atoms with E-state index in [4.69, 9.17) is 4.74 Å². The summed E-state index contributed by atoms with van der Waals surface area (Å²) < 4.78 is 24.4. The van der Waals surface area contributed by atoms with Gasteiger partial charge >= 0.3 is 5.97 Å². The first-order valence-corrected chi connectivity index (χ1v) is 12.6. The van der Waals surface area contributed by atoms with Crippen LogP contribution in [0.2, 0.25) is 0 Å². The molecular weight excluding hydrogens is 469 g/mol. The van der Waals surface area contributed by atoms with Crippen LogP contribution in [0.1, 0.15) is 43.2 Å². The number of esters is 1. The molecule has 6 heteroatoms. The van der Waals surface area contributed by atoms with Crippen LogP contribution in [-0.4, -0.2) is 26.1 Å². The number of hydrogen-bond acceptors (Lipinski definition) is 4. The number of amides is 1. The highest BCUT2D eigenvalue weighted by atomic mass is 19.1. The molecule has 3 aromatic carbocycles. The summed E-state index contributed by atoms with van der Waals surface area (Å²) in [6, 6.07) is 20.0. The van der Waals surface area contributed by atoms with Gasteiger partial charge in [0.05, 0.1) is 20.8 Å². The van der Waals surface area contributed by atoms with Crippen LogP contribution in [-0.2, 0) is 20.9 Å². The number of benzene rings is 3. The summed E-state index contributed by atoms with van der Waals surface area (Å²) in [5, 5.41) is 0. The number of ether oxygens (including phenoxy) is 2. The minimum atomic E-state index is -0.436. The Kier molecular flexibility index (Phi) is 8.72. The van der Waals surface area contributed by atoms with Crippen molar-refractivity contribution in [2.45, 2.75) is 38.6 Å². The van der Waals surface area contributed by atoms with Crippen molar-refractivity contribution in [3.8, 4) is 16.9 Å². The first-order chi connectivity index (χ1) is 18.0. The lowest BCUT2D eigenvalue weighted by Gasteiger charge is -2.30. The summed E-state index contributed by atoms with van der Waals surface area (Å²) >= 11 is 0. The topological polar surface area (TPSA) is 55.8 Å². The van der Waals surface area contributed by atoms with Gasteiger partial charge in [-0.15, -0.1) is 0 Å². The fraction of sp³-hybridized carbons (Fsp3) is 0.290. The molecule has 1 saturated carbocycles. The Hall–Kier alpha value is -3.93. The lowest BCUT2D eigenvalue weighted by atomic mass is 9.88. The van der Waals surface area contributed by atoms with E-state index in [0.29, 0.717) is 17.9 Å². The Morgan fingerprint density at radius 3 is 2.41 bits per heavy atom. The van der Waals surface area contributed by atoms with Crippen molar-refractivity contribution in [3.63, 3.8) is 0 Å². The van der Waals surface area contributed by atoms with E-state index >= 15 is 0 Å². The number of halogens is 1. The Morgan fingerprint density at radius 1 is 0.973 bits per heavy atom. The van der Waals surface area contributed by atoms with Crippen molar-refractivity contribution < 1.29 is 23.5 Å². The molecule has 1 aliphatic rings. The monoisotopic (exact) mass is 501 g/mol. The van der Waals surface area contributed by atoms with Gasteiger partial charge in [-0.25, -0.2) is 9.18 Å². The maximum Gasteiger partial charge on any atom is 0.330 e. The van der Waals surface area contributed by atoms with Crippen molar-refractivity contribution in [1.82, 2.24) is 0 Å². The first kappa shape index (κ1) is 26.1. The average Bonchev–Trinajstić information content (AvgIpc) is 2.95. The van der Waals surface area contributed by atoms with Crippen molar-refractivity contribution in [2.24, 2.45) is 5.92 Å². The molecule has 0 aliphatic heterocycles. The highest BCUT2D eigenvalue weighted by molar-refractivity contribution is 5.95. The predicted molar refractivity (Wildman–Crippen MR) is 144 cm³/mol. The van der Waals surface area contributed by atoms with E-state index in [9.17, 15) is 14.0 Å². The van der Waals surface area contributed by atoms with Crippen LogP contribution in [0.15, 0.2) is 72.8 Å². The van der Waals surface area contributed by atoms with E-state index < -0.39 is 5.97 Å². The minimum Gasteiger partial charge on any atom is -0.497 e. The van der Waals surface area contributed by atoms with E-state index in [1.807, 2.05) is 53.4 Å². The average molecular weight is 502 g/mol. The van der Waals surface area contributed by atoms with Gasteiger partial charge in [0, 0.05) is 29.3 Å². The molecule has 0 radical (unpaired) electrons. The number of hydrogen-bond donors (Lipinski definition) is 0. The predicted octanol–water partition coefficient (Wildman–Crippen LogP) is 6.80. The molecule has 0 heterocycles. The van der Waals surface area contributed by atoms with Crippen LogP contribution >= 0.6 is 0 Å². The number of carbonyl (C=O) groups excluding carboxylic acids is 2. The molecule has 192 valence electrons. The molecular formula is C31H32FNO4. The summed E-state index contributed by atoms with van der Waals surface area (Å²) in [5.74, 6) is -0.208. The Labute approximate surface area is 217 Å². The summed E-state index contributed by atoms with van der Waals surface area (Å²) in [5.41, 5.74) is 3.76. The maximum atomic E-state index is 14.6. The smallest absolute Gasteiger partial charge is 0.330 e. The van der Waals surface area contributed by atoms with Crippen LogP contribution < -0.4 is 9.64 Å². The normalized spacial score (nSPS) is 13.9. The van der Waals surface area contributed by atoms with E-state index in [0.717, 1.165) is 48.1 Å². The molecule has 0 bridgehead atoms. The van der Waals surface area contributed by atoms with Crippen molar-refractivity contribution in [1.29, 1.82) is 0 Å². The number of anilines is 1. The highest BCUT2D eigenvalue weighted by Gasteiger charge is 2.27. The summed E-state index contributed by atoms with van der Waals surface area (Å²) in [7, 11) is 2.84. The summed E-state index contributed by atoms with van der Waals surface area (Å²) in [6.45, 7) is 0.394. The minimum absolute atomic E-state index is 0.00399. The van der Waals surface area contributed by atoms with Gasteiger partial charge in [-0.3, -0.25) is 4.79 Å². The fourth-order valence-corrected chi connectivity index (χ4v) is 4.72. The zero-order valence-corrected chi connectivity index (χ0v) is 21.3. The van der Waals surface area contributed by atoms with Crippen LogP contribution in [0.25, 0.3) is 17.2 Å². The number of nitrogens with zero attached hydrogens (tertiary/aromatic N) is 1. The number of rotatable bonds is 8. The second-order valence-corrected chi connectivity index (χ2v) is 9.25. The van der Waals surface area contributed by atoms with Crippen molar-refractivity contribution in [3.05, 3.63) is 89.8 Å². The molecule has 0 saturated heterocycles. The quantitative estimate of drug-likeness (QED) is 0.252. The number of carbonyl (C=O) groups is 2. The third-order valence-electron chi connectivity index (χ3n) is 6.80. The lowest BCUT2D eigenvalue weighted by molar-refractivity contribution is -0.134. The Morgan fingerprint density at radius 2 is 1.73 bits per heavy atom. The van der Waals surface area contributed by atoms with Gasteiger partial charge in [0.1, 0.15) is 11.6 Å². The van der Waals surface area contributed by atoms with Crippen LogP contribution in [0.5, 0.6) is 5.75 Å². The number of methoxy groups -OCH3 is 2. The molecule has 37 heavy (non-hydrogen) atoms. The second kappa shape index (κ2) is 12.3. The maximum absolute atomic E-state index is 14.6. The second-order valence-electron chi connectivity index (χ2n) is 9.25. The van der Waals surface area contributed by atoms with E-state index in [1.165, 1.54) is 32.8 Å². The molecule has 0 atom stereocenters. The molecule has 4 rings (SSSR count). The third-order valence-corrected chi connectivity index (χ3v) is 6.80. The molecule has 1 aliphatic carbocycles. The third kappa shape index (κ3) is 6.64. The SMILES string of the molecule is COC(=O)/C=C/c1cccc(N(Cc2ccc(-c3ccc(OC)cc3F)cc2)C(=O)C2CCCCC2)c1. The molecule has 0 aromatic heterocycles. The standard InChI is InChI=1S/C31H32FNO4/c1-36-27-16-17-28(29(32)20-27)24-14-11-23(12-15-24)21-33(31(35)25-8-4-3-5-9-25)26-10-6-7-22(19-26)13-18-30(34)37-2/h6-7,10-20,25H,3-5,8-9,21H2,1-2H3/b18-13+. The van der Waals surface area contributed by atoms with Gasteiger partial charge < -0.3 is 14.4 Å². The summed E-state index contributed by atoms with van der Waals surface area (Å²) in [4.78, 5) is 27.1. The Balaban J connectivity index is 1.61. The summed E-state index contributed by atoms with van der Waals surface area (Å²) in [6.07, 6.45) is 8.13. The zero-order valence-electron chi connectivity index (χ0n) is 21.3. The van der Waals surface area contributed by atoms with Crippen molar-refractivity contribution >= 4 is 23.6 Å². The van der Waals surface area contributed by atoms with E-state index in [2.05, 4.69) is 4.74 Å². The van der Waals surface area contributed by atoms with Gasteiger partial charge in [0.25, 0.3) is 0 Å². The molecule has 0 unspecified atom stereocenters. The fourth-order valence-electron chi connectivity index (χ4n) is 4.72. The largest absolute Gasteiger partial charge is 0.497 e.